The molecule has 8 nitrogen and oxygen atoms in total. The number of methoxy groups -OCH3 is 1. The van der Waals surface area contributed by atoms with Crippen LogP contribution < -0.4 is 5.32 Å². The number of fused-ring (bicyclic) bond motifs is 1. The van der Waals surface area contributed by atoms with E-state index in [1.807, 2.05) is 24.5 Å². The molecule has 1 amide bonds. The molecule has 0 spiro atoms. The molecule has 1 aliphatic rings. The lowest BCUT2D eigenvalue weighted by Gasteiger charge is -2.18. The predicted molar refractivity (Wildman–Crippen MR) is 132 cm³/mol. The van der Waals surface area contributed by atoms with Crippen LogP contribution in [0.4, 0.5) is 5.00 Å². The maximum Gasteiger partial charge on any atom is 0.341 e. The molecule has 3 aromatic heterocycles. The molecule has 1 atom stereocenters. The minimum Gasteiger partial charge on any atom is -0.465 e. The van der Waals surface area contributed by atoms with Crippen molar-refractivity contribution >= 4 is 55.9 Å². The Morgan fingerprint density at radius 1 is 1.39 bits per heavy atom. The first-order chi connectivity index (χ1) is 15.8. The Kier molecular flexibility index (Phi) is 7.30. The summed E-state index contributed by atoms with van der Waals surface area (Å²) >= 11 is 6.08. The minimum absolute atomic E-state index is 0.0707. The van der Waals surface area contributed by atoms with Crippen LogP contribution in [0, 0.1) is 5.92 Å². The average molecular weight is 554 g/mol. The van der Waals surface area contributed by atoms with E-state index in [-0.39, 0.29) is 17.7 Å². The van der Waals surface area contributed by atoms with Crippen molar-refractivity contribution in [3.63, 3.8) is 0 Å². The van der Waals surface area contributed by atoms with Crippen LogP contribution in [0.1, 0.15) is 54.0 Å². The fourth-order valence-electron chi connectivity index (χ4n) is 3.89. The van der Waals surface area contributed by atoms with Crippen molar-refractivity contribution in [2.75, 3.05) is 18.2 Å². The second-order valence-corrected chi connectivity index (χ2v) is 11.1. The zero-order valence-corrected chi connectivity index (χ0v) is 22.0. The summed E-state index contributed by atoms with van der Waals surface area (Å²) in [6, 6.07) is 3.69. The highest BCUT2D eigenvalue weighted by molar-refractivity contribution is 9.10. The number of thioether (sulfide) groups is 1. The molecule has 1 N–H and O–H groups in total. The fraction of sp³-hybridized carbons (Fsp3) is 0.455. The van der Waals surface area contributed by atoms with Crippen LogP contribution in [-0.4, -0.2) is 39.5 Å². The molecule has 176 valence electrons. The summed E-state index contributed by atoms with van der Waals surface area (Å²) < 4.78 is 13.2. The van der Waals surface area contributed by atoms with E-state index in [2.05, 4.69) is 38.4 Å². The number of hydrogen-bond acceptors (Lipinski definition) is 8. The van der Waals surface area contributed by atoms with Gasteiger partial charge in [0.1, 0.15) is 5.00 Å². The Morgan fingerprint density at radius 3 is 2.85 bits per heavy atom. The van der Waals surface area contributed by atoms with E-state index in [4.69, 9.17) is 9.15 Å². The third kappa shape index (κ3) is 5.04. The number of nitrogens with zero attached hydrogens (tertiary/aromatic N) is 3. The molecule has 0 aliphatic heterocycles. The Balaban J connectivity index is 1.51. The van der Waals surface area contributed by atoms with Crippen LogP contribution in [0.25, 0.3) is 11.6 Å². The number of amides is 1. The van der Waals surface area contributed by atoms with E-state index in [1.54, 1.807) is 6.07 Å². The Labute approximate surface area is 208 Å². The number of aromatic nitrogens is 3. The number of nitrogens with one attached hydrogen (secondary N) is 1. The number of ether oxygens (including phenoxy) is 1. The second kappa shape index (κ2) is 10.0. The number of rotatable bonds is 7. The molecule has 0 aromatic carbocycles. The van der Waals surface area contributed by atoms with Crippen molar-refractivity contribution in [2.24, 2.45) is 5.92 Å². The highest BCUT2D eigenvalue weighted by Crippen LogP contribution is 2.40. The van der Waals surface area contributed by atoms with Gasteiger partial charge in [0.25, 0.3) is 0 Å². The van der Waals surface area contributed by atoms with Crippen LogP contribution >= 0.6 is 39.0 Å². The molecule has 1 unspecified atom stereocenters. The molecule has 4 rings (SSSR count). The molecular formula is C22H25BrN4O4S2. The Hall–Kier alpha value is -2.11. The van der Waals surface area contributed by atoms with Crippen molar-refractivity contribution in [3.8, 4) is 11.6 Å². The number of halogens is 1. The first-order valence-corrected chi connectivity index (χ1v) is 13.2. The number of esters is 1. The third-order valence-electron chi connectivity index (χ3n) is 5.46. The zero-order valence-electron chi connectivity index (χ0n) is 18.8. The summed E-state index contributed by atoms with van der Waals surface area (Å²) in [4.78, 5) is 26.4. The summed E-state index contributed by atoms with van der Waals surface area (Å²) in [5.74, 6) is 1.28. The SMILES string of the molecule is COC(=O)c1c(NC(=O)CSc2nnc(-c3ccc(Br)o3)n2C(C)C)sc2c1CCC(C)C2. The molecule has 11 heteroatoms. The maximum absolute atomic E-state index is 12.8. The number of furan rings is 1. The van der Waals surface area contributed by atoms with Gasteiger partial charge in [-0.15, -0.1) is 21.5 Å². The Morgan fingerprint density at radius 2 is 2.18 bits per heavy atom. The summed E-state index contributed by atoms with van der Waals surface area (Å²) in [6.45, 7) is 6.25. The summed E-state index contributed by atoms with van der Waals surface area (Å²) in [5, 5.41) is 12.7. The topological polar surface area (TPSA) is 99.2 Å². The number of anilines is 1. The van der Waals surface area contributed by atoms with Crippen molar-refractivity contribution in [1.29, 1.82) is 0 Å². The zero-order chi connectivity index (χ0) is 23.7. The fourth-order valence-corrected chi connectivity index (χ4v) is 6.48. The third-order valence-corrected chi connectivity index (χ3v) is 8.00. The largest absolute Gasteiger partial charge is 0.465 e. The molecular weight excluding hydrogens is 528 g/mol. The van der Waals surface area contributed by atoms with Crippen molar-refractivity contribution in [1.82, 2.24) is 14.8 Å². The van der Waals surface area contributed by atoms with Gasteiger partial charge in [0.15, 0.2) is 15.6 Å². The van der Waals surface area contributed by atoms with E-state index < -0.39 is 5.97 Å². The van der Waals surface area contributed by atoms with E-state index in [0.29, 0.717) is 37.9 Å². The molecule has 3 heterocycles. The molecule has 0 saturated carbocycles. The van der Waals surface area contributed by atoms with Gasteiger partial charge in [0.2, 0.25) is 11.7 Å². The number of carbonyl (C=O) groups excluding carboxylic acids is 2. The van der Waals surface area contributed by atoms with Gasteiger partial charge in [-0.1, -0.05) is 18.7 Å². The number of carbonyl (C=O) groups is 2. The average Bonchev–Trinajstić information content (AvgIpc) is 3.47. The van der Waals surface area contributed by atoms with Crippen molar-refractivity contribution in [2.45, 2.75) is 51.2 Å². The first kappa shape index (κ1) is 24.0. The van der Waals surface area contributed by atoms with Gasteiger partial charge >= 0.3 is 5.97 Å². The number of hydrogen-bond donors (Lipinski definition) is 1. The normalized spacial score (nSPS) is 15.5. The second-order valence-electron chi connectivity index (χ2n) is 8.26. The lowest BCUT2D eigenvalue weighted by atomic mass is 9.88. The van der Waals surface area contributed by atoms with E-state index in [9.17, 15) is 9.59 Å². The Bertz CT molecular complexity index is 1180. The lowest BCUT2D eigenvalue weighted by Crippen LogP contribution is -2.17. The van der Waals surface area contributed by atoms with Crippen LogP contribution in [0.5, 0.6) is 0 Å². The highest BCUT2D eigenvalue weighted by atomic mass is 79.9. The summed E-state index contributed by atoms with van der Waals surface area (Å²) in [7, 11) is 1.37. The molecule has 1 aliphatic carbocycles. The van der Waals surface area contributed by atoms with E-state index in [0.717, 1.165) is 29.7 Å². The summed E-state index contributed by atoms with van der Waals surface area (Å²) in [6.07, 6.45) is 2.76. The highest BCUT2D eigenvalue weighted by Gasteiger charge is 2.29. The van der Waals surface area contributed by atoms with Crippen LogP contribution in [0.3, 0.4) is 0 Å². The predicted octanol–water partition coefficient (Wildman–Crippen LogP) is 5.59. The monoisotopic (exact) mass is 552 g/mol. The van der Waals surface area contributed by atoms with Gasteiger partial charge in [-0.2, -0.15) is 0 Å². The van der Waals surface area contributed by atoms with E-state index >= 15 is 0 Å². The minimum atomic E-state index is -0.404. The molecule has 33 heavy (non-hydrogen) atoms. The van der Waals surface area contributed by atoms with Gasteiger partial charge in [-0.3, -0.25) is 9.36 Å². The summed E-state index contributed by atoms with van der Waals surface area (Å²) in [5.41, 5.74) is 1.51. The van der Waals surface area contributed by atoms with Gasteiger partial charge in [-0.05, 0) is 72.7 Å². The molecule has 3 aromatic rings. The van der Waals surface area contributed by atoms with E-state index in [1.165, 1.54) is 30.2 Å². The standard InChI is InChI=1S/C22H25BrN4O4S2/c1-11(2)27-19(14-7-8-16(23)31-14)25-26-22(27)32-10-17(28)24-20-18(21(29)30-4)13-6-5-12(3)9-15(13)33-20/h7-8,11-12H,5-6,9-10H2,1-4H3,(H,24,28). The van der Waals surface area contributed by atoms with Gasteiger partial charge < -0.3 is 14.5 Å². The van der Waals surface area contributed by atoms with Gasteiger partial charge in [0, 0.05) is 10.9 Å². The lowest BCUT2D eigenvalue weighted by molar-refractivity contribution is -0.113. The maximum atomic E-state index is 12.8. The smallest absolute Gasteiger partial charge is 0.341 e. The number of thiophene rings is 1. The quantitative estimate of drug-likeness (QED) is 0.301. The molecule has 0 bridgehead atoms. The van der Waals surface area contributed by atoms with Crippen LogP contribution in [0.15, 0.2) is 26.4 Å². The van der Waals surface area contributed by atoms with Crippen molar-refractivity contribution in [3.05, 3.63) is 32.8 Å². The molecule has 0 fully saturated rings. The van der Waals surface area contributed by atoms with Gasteiger partial charge in [-0.25, -0.2) is 4.79 Å². The van der Waals surface area contributed by atoms with Crippen LogP contribution in [-0.2, 0) is 22.4 Å². The van der Waals surface area contributed by atoms with Crippen LogP contribution in [0.2, 0.25) is 0 Å². The first-order valence-electron chi connectivity index (χ1n) is 10.6. The molecule has 0 radical (unpaired) electrons. The molecule has 0 saturated heterocycles. The van der Waals surface area contributed by atoms with Crippen molar-refractivity contribution < 1.29 is 18.7 Å². The van der Waals surface area contributed by atoms with Gasteiger partial charge in [0.05, 0.1) is 18.4 Å².